The average molecular weight is 160 g/mol. The molecule has 0 saturated carbocycles. The Morgan fingerprint density at radius 3 is 2.92 bits per heavy atom. The van der Waals surface area contributed by atoms with Crippen LogP contribution in [0.15, 0.2) is 12.3 Å². The van der Waals surface area contributed by atoms with E-state index >= 15 is 0 Å². The summed E-state index contributed by atoms with van der Waals surface area (Å²) in [7, 11) is 0. The Balaban J connectivity index is 2.70. The predicted octanol–water partition coefficient (Wildman–Crippen LogP) is 1.93. The molecule has 2 N–H and O–H groups in total. The van der Waals surface area contributed by atoms with E-state index in [4.69, 9.17) is 5.73 Å². The molecule has 1 aliphatic carbocycles. The Kier molecular flexibility index (Phi) is 1.43. The molecule has 0 aliphatic heterocycles. The molecular formula is C10H12N2. The minimum Gasteiger partial charge on any atom is -0.398 e. The minimum atomic E-state index is 0.895. The molecule has 0 atom stereocenters. The van der Waals surface area contributed by atoms with Crippen LogP contribution in [-0.2, 0) is 6.42 Å². The number of hydrogen-bond donors (Lipinski definition) is 1. The van der Waals surface area contributed by atoms with Crippen LogP contribution in [0.4, 0.5) is 5.69 Å². The lowest BCUT2D eigenvalue weighted by Crippen LogP contribution is -1.99. The second-order valence-electron chi connectivity index (χ2n) is 3.27. The van der Waals surface area contributed by atoms with Gasteiger partial charge < -0.3 is 5.73 Å². The van der Waals surface area contributed by atoms with Gasteiger partial charge in [0.05, 0.1) is 5.69 Å². The zero-order valence-electron chi connectivity index (χ0n) is 7.39. The zero-order chi connectivity index (χ0) is 8.72. The van der Waals surface area contributed by atoms with E-state index < -0.39 is 0 Å². The maximum absolute atomic E-state index is 5.94. The van der Waals surface area contributed by atoms with E-state index in [1.165, 1.54) is 5.57 Å². The van der Waals surface area contributed by atoms with Crippen LogP contribution in [0.2, 0.25) is 0 Å². The van der Waals surface area contributed by atoms with Crippen molar-refractivity contribution in [3.05, 3.63) is 29.1 Å². The standard InChI is InChI=1S/C10H12N2/c1-6-3-4-8-9(6)10(11)7(2)5-12-8/h3,5H,4H2,1-2H3,(H2,11,12). The van der Waals surface area contributed by atoms with Crippen molar-refractivity contribution >= 4 is 11.3 Å². The van der Waals surface area contributed by atoms with Crippen molar-refractivity contribution in [3.8, 4) is 0 Å². The summed E-state index contributed by atoms with van der Waals surface area (Å²) in [5.74, 6) is 0. The number of anilines is 1. The van der Waals surface area contributed by atoms with Crippen LogP contribution >= 0.6 is 0 Å². The van der Waals surface area contributed by atoms with Gasteiger partial charge in [-0.2, -0.15) is 0 Å². The largest absolute Gasteiger partial charge is 0.398 e. The Hall–Kier alpha value is -1.31. The monoisotopic (exact) mass is 160 g/mol. The van der Waals surface area contributed by atoms with Gasteiger partial charge in [-0.25, -0.2) is 0 Å². The Morgan fingerprint density at radius 2 is 2.17 bits per heavy atom. The molecule has 2 nitrogen and oxygen atoms in total. The summed E-state index contributed by atoms with van der Waals surface area (Å²) in [6.07, 6.45) is 4.96. The molecule has 0 amide bonds. The van der Waals surface area contributed by atoms with Gasteiger partial charge in [-0.3, -0.25) is 4.98 Å². The first-order valence-electron chi connectivity index (χ1n) is 4.11. The lowest BCUT2D eigenvalue weighted by atomic mass is 10.1. The van der Waals surface area contributed by atoms with E-state index in [-0.39, 0.29) is 0 Å². The van der Waals surface area contributed by atoms with Gasteiger partial charge in [-0.05, 0) is 25.0 Å². The molecule has 0 saturated heterocycles. The number of aryl methyl sites for hydroxylation is 1. The van der Waals surface area contributed by atoms with Crippen molar-refractivity contribution in [1.82, 2.24) is 4.98 Å². The van der Waals surface area contributed by atoms with E-state index in [0.717, 1.165) is 28.9 Å². The van der Waals surface area contributed by atoms with Crippen LogP contribution in [0.5, 0.6) is 0 Å². The average Bonchev–Trinajstić information content (AvgIpc) is 2.41. The van der Waals surface area contributed by atoms with Crippen LogP contribution in [0.1, 0.15) is 23.7 Å². The summed E-state index contributed by atoms with van der Waals surface area (Å²) in [4.78, 5) is 4.34. The summed E-state index contributed by atoms with van der Waals surface area (Å²) in [6, 6.07) is 0. The predicted molar refractivity (Wildman–Crippen MR) is 50.7 cm³/mol. The second-order valence-corrected chi connectivity index (χ2v) is 3.27. The molecule has 0 aromatic carbocycles. The fourth-order valence-corrected chi connectivity index (χ4v) is 1.61. The fraction of sp³-hybridized carbons (Fsp3) is 0.300. The number of nitrogens with zero attached hydrogens (tertiary/aromatic N) is 1. The lowest BCUT2D eigenvalue weighted by molar-refractivity contribution is 1.11. The van der Waals surface area contributed by atoms with Crippen LogP contribution in [-0.4, -0.2) is 4.98 Å². The van der Waals surface area contributed by atoms with Crippen molar-refractivity contribution in [2.75, 3.05) is 5.73 Å². The molecule has 0 unspecified atom stereocenters. The maximum atomic E-state index is 5.94. The number of pyridine rings is 1. The number of fused-ring (bicyclic) bond motifs is 1. The van der Waals surface area contributed by atoms with Crippen molar-refractivity contribution in [1.29, 1.82) is 0 Å². The van der Waals surface area contributed by atoms with E-state index in [9.17, 15) is 0 Å². The van der Waals surface area contributed by atoms with Gasteiger partial charge >= 0.3 is 0 Å². The second kappa shape index (κ2) is 2.34. The van der Waals surface area contributed by atoms with Crippen molar-refractivity contribution < 1.29 is 0 Å². The highest BCUT2D eigenvalue weighted by atomic mass is 14.7. The zero-order valence-corrected chi connectivity index (χ0v) is 7.39. The number of allylic oxidation sites excluding steroid dienone is 2. The third kappa shape index (κ3) is 0.843. The van der Waals surface area contributed by atoms with Crippen LogP contribution < -0.4 is 5.73 Å². The third-order valence-corrected chi connectivity index (χ3v) is 2.39. The first kappa shape index (κ1) is 7.35. The molecule has 1 heterocycles. The summed E-state index contributed by atoms with van der Waals surface area (Å²) in [6.45, 7) is 4.08. The molecule has 2 rings (SSSR count). The first-order chi connectivity index (χ1) is 5.70. The van der Waals surface area contributed by atoms with Gasteiger partial charge in [0.2, 0.25) is 0 Å². The molecule has 1 aliphatic rings. The molecule has 12 heavy (non-hydrogen) atoms. The van der Waals surface area contributed by atoms with Crippen LogP contribution in [0, 0.1) is 6.92 Å². The summed E-state index contributed by atoms with van der Waals surface area (Å²) >= 11 is 0. The quantitative estimate of drug-likeness (QED) is 0.629. The number of rotatable bonds is 0. The summed E-state index contributed by atoms with van der Waals surface area (Å²) < 4.78 is 0. The van der Waals surface area contributed by atoms with Gasteiger partial charge in [-0.1, -0.05) is 6.08 Å². The number of hydrogen-bond acceptors (Lipinski definition) is 2. The normalized spacial score (nSPS) is 14.3. The lowest BCUT2D eigenvalue weighted by Gasteiger charge is -2.07. The SMILES string of the molecule is CC1=CCc2ncc(C)c(N)c21. The topological polar surface area (TPSA) is 38.9 Å². The molecule has 1 aromatic rings. The molecule has 0 radical (unpaired) electrons. The third-order valence-electron chi connectivity index (χ3n) is 2.39. The van der Waals surface area contributed by atoms with Crippen LogP contribution in [0.3, 0.4) is 0 Å². The summed E-state index contributed by atoms with van der Waals surface area (Å²) in [5, 5.41) is 0. The van der Waals surface area contributed by atoms with Gasteiger partial charge in [0.25, 0.3) is 0 Å². The van der Waals surface area contributed by atoms with Crippen LogP contribution in [0.25, 0.3) is 5.57 Å². The highest BCUT2D eigenvalue weighted by molar-refractivity contribution is 5.80. The van der Waals surface area contributed by atoms with Crippen molar-refractivity contribution in [2.24, 2.45) is 0 Å². The first-order valence-corrected chi connectivity index (χ1v) is 4.11. The van der Waals surface area contributed by atoms with E-state index in [1.54, 1.807) is 0 Å². The van der Waals surface area contributed by atoms with Crippen molar-refractivity contribution in [3.63, 3.8) is 0 Å². The van der Waals surface area contributed by atoms with E-state index in [0.29, 0.717) is 0 Å². The highest BCUT2D eigenvalue weighted by Gasteiger charge is 2.15. The summed E-state index contributed by atoms with van der Waals surface area (Å²) in [5.41, 5.74) is 11.5. The molecule has 0 spiro atoms. The Labute approximate surface area is 72.1 Å². The fourth-order valence-electron chi connectivity index (χ4n) is 1.61. The van der Waals surface area contributed by atoms with Gasteiger partial charge in [0.15, 0.2) is 0 Å². The van der Waals surface area contributed by atoms with Gasteiger partial charge in [0, 0.05) is 23.9 Å². The number of nitrogens with two attached hydrogens (primary N) is 1. The smallest absolute Gasteiger partial charge is 0.0537 e. The van der Waals surface area contributed by atoms with E-state index in [1.807, 2.05) is 13.1 Å². The molecule has 0 fully saturated rings. The number of nitrogen functional groups attached to an aromatic ring is 1. The van der Waals surface area contributed by atoms with Gasteiger partial charge in [-0.15, -0.1) is 0 Å². The molecule has 1 aromatic heterocycles. The van der Waals surface area contributed by atoms with Crippen molar-refractivity contribution in [2.45, 2.75) is 20.3 Å². The molecule has 62 valence electrons. The Bertz CT molecular complexity index is 364. The highest BCUT2D eigenvalue weighted by Crippen LogP contribution is 2.31. The number of aromatic nitrogens is 1. The molecule has 0 bridgehead atoms. The molecular weight excluding hydrogens is 148 g/mol. The van der Waals surface area contributed by atoms with E-state index in [2.05, 4.69) is 18.0 Å². The Morgan fingerprint density at radius 1 is 1.42 bits per heavy atom. The van der Waals surface area contributed by atoms with Gasteiger partial charge in [0.1, 0.15) is 0 Å². The molecule has 2 heteroatoms. The maximum Gasteiger partial charge on any atom is 0.0537 e. The minimum absolute atomic E-state index is 0.895.